The number of carboxylic acid groups (broad SMARTS) is 1. The van der Waals surface area contributed by atoms with Gasteiger partial charge in [-0.2, -0.15) is 0 Å². The van der Waals surface area contributed by atoms with Gasteiger partial charge in [0.15, 0.2) is 5.76 Å². The lowest BCUT2D eigenvalue weighted by molar-refractivity contribution is 0.0692. The van der Waals surface area contributed by atoms with Crippen molar-refractivity contribution in [2.24, 2.45) is 0 Å². The Morgan fingerprint density at radius 1 is 1.14 bits per heavy atom. The molecule has 0 saturated carbocycles. The number of carbonyl (C=O) groups is 1. The molecule has 0 saturated heterocycles. The molecule has 0 spiro atoms. The van der Waals surface area contributed by atoms with Crippen molar-refractivity contribution in [3.63, 3.8) is 0 Å². The predicted molar refractivity (Wildman–Crippen MR) is 79.0 cm³/mol. The summed E-state index contributed by atoms with van der Waals surface area (Å²) in [4.78, 5) is 11.0. The molecule has 106 valence electrons. The smallest absolute Gasteiger partial charge is 0.339 e. The number of hydrogen-bond acceptors (Lipinski definition) is 3. The van der Waals surface area contributed by atoms with E-state index in [4.69, 9.17) is 25.9 Å². The third-order valence-electron chi connectivity index (χ3n) is 3.17. The van der Waals surface area contributed by atoms with E-state index in [1.54, 1.807) is 12.1 Å². The van der Waals surface area contributed by atoms with E-state index in [0.717, 1.165) is 10.8 Å². The minimum Gasteiger partial charge on any atom is -0.485 e. The summed E-state index contributed by atoms with van der Waals surface area (Å²) in [6, 6.07) is 12.5. The van der Waals surface area contributed by atoms with Crippen LogP contribution in [0.5, 0.6) is 5.75 Å². The van der Waals surface area contributed by atoms with Gasteiger partial charge in [-0.05, 0) is 18.2 Å². The van der Waals surface area contributed by atoms with Gasteiger partial charge >= 0.3 is 5.97 Å². The molecule has 1 heterocycles. The predicted octanol–water partition coefficient (Wildman–Crippen LogP) is 4.36. The lowest BCUT2D eigenvalue weighted by Gasteiger charge is -2.09. The Balaban J connectivity index is 1.91. The van der Waals surface area contributed by atoms with Crippen LogP contribution in [0.2, 0.25) is 5.02 Å². The number of hydrogen-bond donors (Lipinski definition) is 1. The van der Waals surface area contributed by atoms with Crippen molar-refractivity contribution in [2.45, 2.75) is 6.61 Å². The van der Waals surface area contributed by atoms with Gasteiger partial charge < -0.3 is 14.3 Å². The number of halogens is 1. The van der Waals surface area contributed by atoms with E-state index >= 15 is 0 Å². The fourth-order valence-electron chi connectivity index (χ4n) is 2.15. The van der Waals surface area contributed by atoms with Gasteiger partial charge in [-0.3, -0.25) is 0 Å². The highest BCUT2D eigenvalue weighted by atomic mass is 35.5. The van der Waals surface area contributed by atoms with Crippen LogP contribution in [0.15, 0.2) is 53.1 Å². The molecule has 0 amide bonds. The number of rotatable bonds is 4. The first kappa shape index (κ1) is 13.5. The normalized spacial score (nSPS) is 10.7. The Morgan fingerprint density at radius 3 is 2.67 bits per heavy atom. The molecule has 0 fully saturated rings. The molecule has 2 aromatic carbocycles. The zero-order valence-corrected chi connectivity index (χ0v) is 11.6. The van der Waals surface area contributed by atoms with Crippen LogP contribution in [0.3, 0.4) is 0 Å². The first-order chi connectivity index (χ1) is 10.2. The summed E-state index contributed by atoms with van der Waals surface area (Å²) in [5.41, 5.74) is 0.105. The molecule has 21 heavy (non-hydrogen) atoms. The van der Waals surface area contributed by atoms with Gasteiger partial charge in [0, 0.05) is 15.8 Å². The van der Waals surface area contributed by atoms with Crippen LogP contribution in [0.1, 0.15) is 16.1 Å². The molecular weight excluding hydrogens is 292 g/mol. The van der Waals surface area contributed by atoms with E-state index in [0.29, 0.717) is 10.8 Å². The van der Waals surface area contributed by atoms with Crippen molar-refractivity contribution in [1.29, 1.82) is 0 Å². The van der Waals surface area contributed by atoms with Gasteiger partial charge in [0.2, 0.25) is 0 Å². The number of fused-ring (bicyclic) bond motifs is 1. The maximum absolute atomic E-state index is 11.0. The Labute approximate surface area is 125 Å². The molecule has 1 N–H and O–H groups in total. The first-order valence-electron chi connectivity index (χ1n) is 6.26. The monoisotopic (exact) mass is 302 g/mol. The Kier molecular flexibility index (Phi) is 3.54. The van der Waals surface area contributed by atoms with Crippen molar-refractivity contribution >= 4 is 28.3 Å². The number of furan rings is 1. The molecule has 0 radical (unpaired) electrons. The van der Waals surface area contributed by atoms with Crippen LogP contribution in [0.4, 0.5) is 0 Å². The highest BCUT2D eigenvalue weighted by Gasteiger charge is 2.14. The van der Waals surface area contributed by atoms with Crippen LogP contribution in [-0.2, 0) is 6.61 Å². The van der Waals surface area contributed by atoms with Crippen LogP contribution in [0, 0.1) is 0 Å². The van der Waals surface area contributed by atoms with Gasteiger partial charge in [0.25, 0.3) is 0 Å². The third kappa shape index (κ3) is 2.58. The molecular formula is C16H11ClO4. The molecule has 3 aromatic rings. The summed E-state index contributed by atoms with van der Waals surface area (Å²) in [5.74, 6) is -0.132. The van der Waals surface area contributed by atoms with Gasteiger partial charge in [-0.15, -0.1) is 0 Å². The summed E-state index contributed by atoms with van der Waals surface area (Å²) in [6.07, 6.45) is 1.34. The van der Waals surface area contributed by atoms with E-state index in [2.05, 4.69) is 0 Å². The number of aromatic carboxylic acids is 1. The van der Waals surface area contributed by atoms with Crippen molar-refractivity contribution in [3.8, 4) is 5.75 Å². The number of ether oxygens (including phenoxy) is 1. The second-order valence-electron chi connectivity index (χ2n) is 4.44. The fraction of sp³-hybridized carbons (Fsp3) is 0.0625. The first-order valence-corrected chi connectivity index (χ1v) is 6.64. The molecule has 3 rings (SSSR count). The average Bonchev–Trinajstić information content (AvgIpc) is 2.96. The maximum Gasteiger partial charge on any atom is 0.339 e. The van der Waals surface area contributed by atoms with E-state index in [9.17, 15) is 4.79 Å². The van der Waals surface area contributed by atoms with E-state index in [-0.39, 0.29) is 17.9 Å². The highest BCUT2D eigenvalue weighted by molar-refractivity contribution is 6.35. The summed E-state index contributed by atoms with van der Waals surface area (Å²) in [7, 11) is 0. The lowest BCUT2D eigenvalue weighted by Crippen LogP contribution is -2.02. The maximum atomic E-state index is 11.0. The van der Waals surface area contributed by atoms with Crippen molar-refractivity contribution in [1.82, 2.24) is 0 Å². The van der Waals surface area contributed by atoms with E-state index < -0.39 is 5.97 Å². The Bertz CT molecular complexity index is 807. The summed E-state index contributed by atoms with van der Waals surface area (Å²) in [5, 5.41) is 11.4. The van der Waals surface area contributed by atoms with Gasteiger partial charge in [0.1, 0.15) is 17.9 Å². The zero-order valence-electron chi connectivity index (χ0n) is 10.9. The summed E-state index contributed by atoms with van der Waals surface area (Å²) < 4.78 is 10.8. The molecule has 0 unspecified atom stereocenters. The molecule has 4 nitrogen and oxygen atoms in total. The van der Waals surface area contributed by atoms with Crippen LogP contribution in [0.25, 0.3) is 10.8 Å². The van der Waals surface area contributed by atoms with Gasteiger partial charge in [-0.1, -0.05) is 35.9 Å². The minimum atomic E-state index is -1.04. The summed E-state index contributed by atoms with van der Waals surface area (Å²) in [6.45, 7) is 0.0419. The topological polar surface area (TPSA) is 59.7 Å². The van der Waals surface area contributed by atoms with Crippen LogP contribution in [-0.4, -0.2) is 11.1 Å². The fourth-order valence-corrected chi connectivity index (χ4v) is 2.37. The van der Waals surface area contributed by atoms with E-state index in [1.807, 2.05) is 24.3 Å². The zero-order chi connectivity index (χ0) is 14.8. The van der Waals surface area contributed by atoms with E-state index in [1.165, 1.54) is 12.3 Å². The van der Waals surface area contributed by atoms with Crippen molar-refractivity contribution in [3.05, 3.63) is 65.1 Å². The SMILES string of the molecule is O=C(O)c1ccoc1COc1ccc(Cl)c2ccccc12. The number of benzene rings is 2. The quantitative estimate of drug-likeness (QED) is 0.777. The van der Waals surface area contributed by atoms with Crippen molar-refractivity contribution < 1.29 is 19.1 Å². The van der Waals surface area contributed by atoms with Crippen molar-refractivity contribution in [2.75, 3.05) is 0 Å². The van der Waals surface area contributed by atoms with Gasteiger partial charge in [0.05, 0.1) is 6.26 Å². The minimum absolute atomic E-state index is 0.0419. The third-order valence-corrected chi connectivity index (χ3v) is 3.50. The molecule has 5 heteroatoms. The second-order valence-corrected chi connectivity index (χ2v) is 4.85. The second kappa shape index (κ2) is 5.50. The largest absolute Gasteiger partial charge is 0.485 e. The molecule has 0 aliphatic heterocycles. The standard InChI is InChI=1S/C16H11ClO4/c17-13-5-6-14(11-4-2-1-3-10(11)13)21-9-15-12(16(18)19)7-8-20-15/h1-8H,9H2,(H,18,19). The summed E-state index contributed by atoms with van der Waals surface area (Å²) >= 11 is 6.14. The van der Waals surface area contributed by atoms with Crippen LogP contribution >= 0.6 is 11.6 Å². The Hall–Kier alpha value is -2.46. The molecule has 0 bridgehead atoms. The molecule has 0 aliphatic carbocycles. The van der Waals surface area contributed by atoms with Gasteiger partial charge in [-0.25, -0.2) is 4.79 Å². The molecule has 0 aliphatic rings. The highest BCUT2D eigenvalue weighted by Crippen LogP contribution is 2.31. The van der Waals surface area contributed by atoms with Crippen LogP contribution < -0.4 is 4.74 Å². The Morgan fingerprint density at radius 2 is 1.90 bits per heavy atom. The average molecular weight is 303 g/mol. The molecule has 1 aromatic heterocycles. The lowest BCUT2D eigenvalue weighted by atomic mass is 10.1. The molecule has 0 atom stereocenters. The number of carboxylic acids is 1.